The van der Waals surface area contributed by atoms with Crippen molar-refractivity contribution >= 4 is 5.97 Å². The third kappa shape index (κ3) is 9.60. The second kappa shape index (κ2) is 14.8. The fourth-order valence-corrected chi connectivity index (χ4v) is 4.08. The molecule has 2 rings (SSSR count). The highest BCUT2D eigenvalue weighted by Crippen LogP contribution is 2.12. The topological polar surface area (TPSA) is 46.1 Å². The number of nitrogens with zero attached hydrogens (tertiary/aromatic N) is 2. The van der Waals surface area contributed by atoms with Crippen LogP contribution in [0.15, 0.2) is 42.7 Å². The lowest BCUT2D eigenvalue weighted by Gasteiger charge is -2.06. The second-order valence-electron chi connectivity index (χ2n) is 8.45. The molecular formula is C26H41N2O2+. The van der Waals surface area contributed by atoms with Crippen LogP contribution in [0.1, 0.15) is 95.4 Å². The Morgan fingerprint density at radius 2 is 1.53 bits per heavy atom. The van der Waals surface area contributed by atoms with Gasteiger partial charge in [-0.1, -0.05) is 95.0 Å². The number of hydrogen-bond acceptors (Lipinski definition) is 1. The van der Waals surface area contributed by atoms with Gasteiger partial charge in [-0.25, -0.2) is 9.13 Å². The maximum Gasteiger partial charge on any atom is 0.303 e. The Balaban J connectivity index is 1.80. The summed E-state index contributed by atoms with van der Waals surface area (Å²) in [6.45, 7) is 3.92. The predicted octanol–water partition coefficient (Wildman–Crippen LogP) is 6.15. The lowest BCUT2D eigenvalue weighted by atomic mass is 10.1. The zero-order valence-electron chi connectivity index (χ0n) is 18.9. The van der Waals surface area contributed by atoms with Crippen LogP contribution in [-0.2, 0) is 24.3 Å². The summed E-state index contributed by atoms with van der Waals surface area (Å²) in [5, 5.41) is 8.95. The second-order valence-corrected chi connectivity index (χ2v) is 8.45. The molecule has 1 heterocycles. The van der Waals surface area contributed by atoms with Crippen LogP contribution in [0.2, 0.25) is 0 Å². The SMILES string of the molecule is CCCCCCCCCCCCc1n(CCCC(=O)O)cc[n+]1Cc1ccccc1. The summed E-state index contributed by atoms with van der Waals surface area (Å²) in [4.78, 5) is 10.9. The molecule has 0 unspecified atom stereocenters. The zero-order chi connectivity index (χ0) is 21.4. The van der Waals surface area contributed by atoms with E-state index in [1.807, 2.05) is 0 Å². The quantitative estimate of drug-likeness (QED) is 0.250. The molecule has 0 aliphatic rings. The van der Waals surface area contributed by atoms with Gasteiger partial charge in [-0.3, -0.25) is 4.79 Å². The van der Waals surface area contributed by atoms with Crippen molar-refractivity contribution < 1.29 is 14.5 Å². The highest BCUT2D eigenvalue weighted by molar-refractivity contribution is 5.66. The number of aliphatic carboxylic acids is 1. The molecule has 0 aliphatic carbocycles. The molecule has 0 bridgehead atoms. The minimum Gasteiger partial charge on any atom is -0.481 e. The van der Waals surface area contributed by atoms with Gasteiger partial charge in [-0.2, -0.15) is 0 Å². The molecule has 1 aromatic heterocycles. The van der Waals surface area contributed by atoms with E-state index in [0.717, 1.165) is 19.5 Å². The number of carbonyl (C=O) groups is 1. The normalized spacial score (nSPS) is 11.1. The Morgan fingerprint density at radius 1 is 0.900 bits per heavy atom. The third-order valence-electron chi connectivity index (χ3n) is 5.83. The minimum atomic E-state index is -0.712. The molecule has 0 saturated carbocycles. The van der Waals surface area contributed by atoms with Crippen LogP contribution in [0.25, 0.3) is 0 Å². The first-order valence-corrected chi connectivity index (χ1v) is 12.0. The molecule has 4 heteroatoms. The van der Waals surface area contributed by atoms with E-state index in [2.05, 4.69) is 58.8 Å². The van der Waals surface area contributed by atoms with Crippen LogP contribution in [0.4, 0.5) is 0 Å². The summed E-state index contributed by atoms with van der Waals surface area (Å²) < 4.78 is 4.60. The largest absolute Gasteiger partial charge is 0.481 e. The third-order valence-corrected chi connectivity index (χ3v) is 5.83. The fraction of sp³-hybridized carbons (Fsp3) is 0.615. The van der Waals surface area contributed by atoms with E-state index in [9.17, 15) is 4.79 Å². The summed E-state index contributed by atoms with van der Waals surface area (Å²) in [6, 6.07) is 10.6. The fourth-order valence-electron chi connectivity index (χ4n) is 4.08. The number of carboxylic acid groups (broad SMARTS) is 1. The Hall–Kier alpha value is -2.10. The molecule has 4 nitrogen and oxygen atoms in total. The van der Waals surface area contributed by atoms with Gasteiger partial charge < -0.3 is 5.11 Å². The highest BCUT2D eigenvalue weighted by Gasteiger charge is 2.17. The van der Waals surface area contributed by atoms with Crippen molar-refractivity contribution in [2.45, 2.75) is 103 Å². The van der Waals surface area contributed by atoms with Crippen LogP contribution in [0.3, 0.4) is 0 Å². The standard InChI is InChI=1S/C26H40N2O2/c1-2-3-4-5-6-7-8-9-10-14-18-25-27(20-15-19-26(29)30)21-22-28(25)23-24-16-12-11-13-17-24/h11-13,16-17,21-22H,2-10,14-15,18-20,23H2,1H3/p+1. The molecule has 1 aromatic carbocycles. The number of benzene rings is 1. The van der Waals surface area contributed by atoms with Crippen LogP contribution in [0, 0.1) is 0 Å². The van der Waals surface area contributed by atoms with Crippen LogP contribution in [0.5, 0.6) is 0 Å². The van der Waals surface area contributed by atoms with Crippen molar-refractivity contribution in [2.24, 2.45) is 0 Å². The molecular weight excluding hydrogens is 372 g/mol. The Kier molecular flexibility index (Phi) is 11.9. The molecule has 166 valence electrons. The van der Waals surface area contributed by atoms with E-state index in [1.165, 1.54) is 75.6 Å². The number of aryl methyl sites for hydroxylation is 1. The molecule has 0 spiro atoms. The van der Waals surface area contributed by atoms with Crippen LogP contribution >= 0.6 is 0 Å². The summed E-state index contributed by atoms with van der Waals surface area (Å²) in [7, 11) is 0. The van der Waals surface area contributed by atoms with Gasteiger partial charge in [0.15, 0.2) is 0 Å². The van der Waals surface area contributed by atoms with Crippen molar-refractivity contribution in [3.63, 3.8) is 0 Å². The first-order chi connectivity index (χ1) is 14.7. The monoisotopic (exact) mass is 413 g/mol. The van der Waals surface area contributed by atoms with E-state index >= 15 is 0 Å². The number of imidazole rings is 1. The number of hydrogen-bond donors (Lipinski definition) is 1. The maximum atomic E-state index is 10.9. The molecule has 2 aromatic rings. The van der Waals surface area contributed by atoms with E-state index in [0.29, 0.717) is 6.42 Å². The first-order valence-electron chi connectivity index (χ1n) is 12.0. The van der Waals surface area contributed by atoms with Crippen LogP contribution in [-0.4, -0.2) is 15.6 Å². The van der Waals surface area contributed by atoms with Crippen molar-refractivity contribution in [1.82, 2.24) is 4.57 Å². The van der Waals surface area contributed by atoms with E-state index < -0.39 is 5.97 Å². The lowest BCUT2D eigenvalue weighted by Crippen LogP contribution is -2.38. The van der Waals surface area contributed by atoms with E-state index in [4.69, 9.17) is 5.11 Å². The molecule has 30 heavy (non-hydrogen) atoms. The van der Waals surface area contributed by atoms with Gasteiger partial charge in [0.1, 0.15) is 18.9 Å². The van der Waals surface area contributed by atoms with E-state index in [1.54, 1.807) is 0 Å². The average molecular weight is 414 g/mol. The Labute approximate surface area is 182 Å². The molecule has 0 radical (unpaired) electrons. The van der Waals surface area contributed by atoms with Gasteiger partial charge in [-0.05, 0) is 18.4 Å². The Bertz CT molecular complexity index is 709. The van der Waals surface area contributed by atoms with Gasteiger partial charge in [0.05, 0.1) is 6.54 Å². The predicted molar refractivity (Wildman–Crippen MR) is 123 cm³/mol. The number of aromatic nitrogens is 2. The van der Waals surface area contributed by atoms with Gasteiger partial charge in [-0.15, -0.1) is 0 Å². The number of unbranched alkanes of at least 4 members (excludes halogenated alkanes) is 9. The average Bonchev–Trinajstić information content (AvgIpc) is 3.11. The van der Waals surface area contributed by atoms with Gasteiger partial charge in [0, 0.05) is 12.8 Å². The summed E-state index contributed by atoms with van der Waals surface area (Å²) in [5.41, 5.74) is 1.30. The molecule has 0 fully saturated rings. The van der Waals surface area contributed by atoms with Crippen LogP contribution < -0.4 is 4.57 Å². The van der Waals surface area contributed by atoms with Crippen molar-refractivity contribution in [1.29, 1.82) is 0 Å². The van der Waals surface area contributed by atoms with Gasteiger partial charge in [0.2, 0.25) is 0 Å². The van der Waals surface area contributed by atoms with Crippen molar-refractivity contribution in [3.05, 3.63) is 54.1 Å². The number of rotatable bonds is 17. The van der Waals surface area contributed by atoms with Crippen molar-refractivity contribution in [3.8, 4) is 0 Å². The smallest absolute Gasteiger partial charge is 0.303 e. The number of carboxylic acids is 1. The summed E-state index contributed by atoms with van der Waals surface area (Å²) in [6.07, 6.45) is 19.7. The lowest BCUT2D eigenvalue weighted by molar-refractivity contribution is -0.695. The minimum absolute atomic E-state index is 0.231. The summed E-state index contributed by atoms with van der Waals surface area (Å²) in [5.74, 6) is 0.611. The molecule has 0 saturated heterocycles. The zero-order valence-corrected chi connectivity index (χ0v) is 18.9. The molecule has 0 aliphatic heterocycles. The van der Waals surface area contributed by atoms with Gasteiger partial charge in [0.25, 0.3) is 5.82 Å². The molecule has 1 N–H and O–H groups in total. The summed E-state index contributed by atoms with van der Waals surface area (Å²) >= 11 is 0. The molecule has 0 atom stereocenters. The Morgan fingerprint density at radius 3 is 2.17 bits per heavy atom. The van der Waals surface area contributed by atoms with E-state index in [-0.39, 0.29) is 6.42 Å². The van der Waals surface area contributed by atoms with Gasteiger partial charge >= 0.3 is 5.97 Å². The highest BCUT2D eigenvalue weighted by atomic mass is 16.4. The maximum absolute atomic E-state index is 10.9. The first kappa shape index (κ1) is 24.2. The molecule has 0 amide bonds. The van der Waals surface area contributed by atoms with Crippen molar-refractivity contribution in [2.75, 3.05) is 0 Å².